The number of alkyl halides is 3. The molecule has 108 valence electrons. The Balaban J connectivity index is 2.06. The second-order valence-corrected chi connectivity index (χ2v) is 4.46. The maximum atomic E-state index is 12.6. The summed E-state index contributed by atoms with van der Waals surface area (Å²) in [5.41, 5.74) is 0.366. The van der Waals surface area contributed by atoms with Gasteiger partial charge in [-0.1, -0.05) is 24.3 Å². The van der Waals surface area contributed by atoms with Crippen molar-refractivity contribution in [2.24, 2.45) is 0 Å². The molecule has 1 heterocycles. The van der Waals surface area contributed by atoms with Crippen LogP contribution in [0.3, 0.4) is 0 Å². The Morgan fingerprint density at radius 3 is 2.67 bits per heavy atom. The highest BCUT2D eigenvalue weighted by molar-refractivity contribution is 5.95. The highest BCUT2D eigenvalue weighted by Crippen LogP contribution is 2.29. The number of pyridine rings is 1. The summed E-state index contributed by atoms with van der Waals surface area (Å²) in [6, 6.07) is 8.32. The van der Waals surface area contributed by atoms with E-state index in [2.05, 4.69) is 4.98 Å². The third kappa shape index (κ3) is 4.56. The Bertz CT molecular complexity index is 648. The smallest absolute Gasteiger partial charge is 0.294 e. The zero-order chi connectivity index (χ0) is 15.3. The average molecular weight is 291 g/mol. The van der Waals surface area contributed by atoms with E-state index in [9.17, 15) is 18.0 Å². The molecule has 0 radical (unpaired) electrons. The first-order chi connectivity index (χ1) is 9.95. The van der Waals surface area contributed by atoms with Crippen molar-refractivity contribution in [3.05, 3.63) is 71.6 Å². The Morgan fingerprint density at radius 2 is 2.00 bits per heavy atom. The van der Waals surface area contributed by atoms with E-state index in [4.69, 9.17) is 0 Å². The quantitative estimate of drug-likeness (QED) is 0.799. The van der Waals surface area contributed by atoms with Crippen molar-refractivity contribution in [3.8, 4) is 0 Å². The summed E-state index contributed by atoms with van der Waals surface area (Å²) in [6.07, 6.45) is 1.63. The minimum Gasteiger partial charge on any atom is -0.294 e. The number of carbonyl (C=O) groups is 1. The van der Waals surface area contributed by atoms with Gasteiger partial charge in [-0.25, -0.2) is 0 Å². The molecule has 0 N–H and O–H groups in total. The van der Waals surface area contributed by atoms with Crippen molar-refractivity contribution in [1.82, 2.24) is 4.98 Å². The topological polar surface area (TPSA) is 30.0 Å². The fourth-order valence-electron chi connectivity index (χ4n) is 1.77. The van der Waals surface area contributed by atoms with E-state index < -0.39 is 11.7 Å². The number of rotatable bonds is 4. The van der Waals surface area contributed by atoms with Gasteiger partial charge >= 0.3 is 6.18 Å². The first-order valence-corrected chi connectivity index (χ1v) is 6.22. The molecule has 21 heavy (non-hydrogen) atoms. The minimum atomic E-state index is -4.39. The number of nitrogens with zero attached hydrogens (tertiary/aromatic N) is 1. The maximum absolute atomic E-state index is 12.6. The van der Waals surface area contributed by atoms with Gasteiger partial charge < -0.3 is 0 Å². The van der Waals surface area contributed by atoms with Crippen LogP contribution in [-0.2, 0) is 17.4 Å². The van der Waals surface area contributed by atoms with E-state index in [1.54, 1.807) is 24.5 Å². The molecule has 0 saturated carbocycles. The van der Waals surface area contributed by atoms with Crippen molar-refractivity contribution < 1.29 is 18.0 Å². The second-order valence-electron chi connectivity index (χ2n) is 4.46. The van der Waals surface area contributed by atoms with Crippen LogP contribution in [0.2, 0.25) is 0 Å². The lowest BCUT2D eigenvalue weighted by molar-refractivity contribution is -0.137. The maximum Gasteiger partial charge on any atom is 0.416 e. The van der Waals surface area contributed by atoms with Crippen LogP contribution in [0.15, 0.2) is 54.9 Å². The molecule has 2 rings (SSSR count). The molecular formula is C16H12F3NO. The zero-order valence-electron chi connectivity index (χ0n) is 11.0. The van der Waals surface area contributed by atoms with Gasteiger partial charge in [-0.3, -0.25) is 9.78 Å². The van der Waals surface area contributed by atoms with Crippen molar-refractivity contribution in [3.63, 3.8) is 0 Å². The van der Waals surface area contributed by atoms with E-state index in [1.165, 1.54) is 24.3 Å². The lowest BCUT2D eigenvalue weighted by Gasteiger charge is -2.06. The van der Waals surface area contributed by atoms with Crippen LogP contribution < -0.4 is 0 Å². The van der Waals surface area contributed by atoms with Crippen molar-refractivity contribution in [2.45, 2.75) is 12.6 Å². The average Bonchev–Trinajstić information content (AvgIpc) is 2.46. The fraction of sp³-hybridized carbons (Fsp3) is 0.125. The Labute approximate surface area is 120 Å². The second kappa shape index (κ2) is 6.35. The number of allylic oxidation sites excluding steroid dienone is 1. The van der Waals surface area contributed by atoms with Gasteiger partial charge in [-0.15, -0.1) is 0 Å². The van der Waals surface area contributed by atoms with E-state index in [0.717, 1.165) is 17.7 Å². The number of aromatic nitrogens is 1. The van der Waals surface area contributed by atoms with Crippen LogP contribution in [0.25, 0.3) is 6.08 Å². The van der Waals surface area contributed by atoms with Gasteiger partial charge in [0.2, 0.25) is 0 Å². The fourth-order valence-corrected chi connectivity index (χ4v) is 1.77. The largest absolute Gasteiger partial charge is 0.416 e. The number of carbonyl (C=O) groups excluding carboxylic acids is 1. The van der Waals surface area contributed by atoms with Gasteiger partial charge in [0.05, 0.1) is 5.56 Å². The van der Waals surface area contributed by atoms with Crippen molar-refractivity contribution >= 4 is 11.9 Å². The SMILES string of the molecule is O=C(C=Cc1cccc(C(F)(F)F)c1)Cc1cccnc1. The molecule has 0 unspecified atom stereocenters. The summed E-state index contributed by atoms with van der Waals surface area (Å²) in [5.74, 6) is -0.194. The van der Waals surface area contributed by atoms with Crippen LogP contribution in [0.5, 0.6) is 0 Å². The van der Waals surface area contributed by atoms with Crippen LogP contribution in [-0.4, -0.2) is 10.8 Å². The van der Waals surface area contributed by atoms with E-state index in [0.29, 0.717) is 5.56 Å². The highest BCUT2D eigenvalue weighted by atomic mass is 19.4. The lowest BCUT2D eigenvalue weighted by atomic mass is 10.1. The molecule has 1 aromatic carbocycles. The van der Waals surface area contributed by atoms with Gasteiger partial charge in [-0.05, 0) is 35.4 Å². The van der Waals surface area contributed by atoms with E-state index >= 15 is 0 Å². The van der Waals surface area contributed by atoms with Gasteiger partial charge in [0.15, 0.2) is 5.78 Å². The molecule has 0 aliphatic heterocycles. The summed E-state index contributed by atoms with van der Waals surface area (Å²) in [7, 11) is 0. The van der Waals surface area contributed by atoms with E-state index in [1.807, 2.05) is 0 Å². The summed E-state index contributed by atoms with van der Waals surface area (Å²) in [6.45, 7) is 0. The molecule has 2 aromatic rings. The zero-order valence-corrected chi connectivity index (χ0v) is 11.0. The molecule has 2 nitrogen and oxygen atoms in total. The predicted molar refractivity (Wildman–Crippen MR) is 73.4 cm³/mol. The molecule has 0 aliphatic rings. The number of hydrogen-bond donors (Lipinski definition) is 0. The number of benzene rings is 1. The van der Waals surface area contributed by atoms with Crippen molar-refractivity contribution in [1.29, 1.82) is 0 Å². The normalized spacial score (nSPS) is 11.8. The summed E-state index contributed by atoms with van der Waals surface area (Å²) < 4.78 is 37.7. The first kappa shape index (κ1) is 15.0. The van der Waals surface area contributed by atoms with E-state index in [-0.39, 0.29) is 12.2 Å². The standard InChI is InChI=1S/C16H12F3NO/c17-16(18,19)14-5-1-3-12(9-14)6-7-15(21)10-13-4-2-8-20-11-13/h1-9,11H,10H2. The summed E-state index contributed by atoms with van der Waals surface area (Å²) in [5, 5.41) is 0. The lowest BCUT2D eigenvalue weighted by Crippen LogP contribution is -2.04. The first-order valence-electron chi connectivity index (χ1n) is 6.22. The monoisotopic (exact) mass is 291 g/mol. The molecule has 1 aromatic heterocycles. The number of halogens is 3. The summed E-state index contributed by atoms with van der Waals surface area (Å²) >= 11 is 0. The summed E-state index contributed by atoms with van der Waals surface area (Å²) in [4.78, 5) is 15.6. The van der Waals surface area contributed by atoms with Crippen LogP contribution in [0, 0.1) is 0 Å². The molecule has 0 aliphatic carbocycles. The molecule has 0 amide bonds. The number of hydrogen-bond acceptors (Lipinski definition) is 2. The molecule has 0 saturated heterocycles. The molecule has 0 bridgehead atoms. The molecular weight excluding hydrogens is 279 g/mol. The van der Waals surface area contributed by atoms with Crippen molar-refractivity contribution in [2.75, 3.05) is 0 Å². The molecule has 0 atom stereocenters. The van der Waals surface area contributed by atoms with Gasteiger partial charge in [-0.2, -0.15) is 13.2 Å². The van der Waals surface area contributed by atoms with Crippen LogP contribution in [0.4, 0.5) is 13.2 Å². The Kier molecular flexibility index (Phi) is 4.52. The Morgan fingerprint density at radius 1 is 1.19 bits per heavy atom. The molecule has 0 fully saturated rings. The number of ketones is 1. The highest BCUT2D eigenvalue weighted by Gasteiger charge is 2.30. The Hall–Kier alpha value is -2.43. The third-order valence-corrected chi connectivity index (χ3v) is 2.78. The van der Waals surface area contributed by atoms with Crippen LogP contribution in [0.1, 0.15) is 16.7 Å². The van der Waals surface area contributed by atoms with Gasteiger partial charge in [0.1, 0.15) is 0 Å². The van der Waals surface area contributed by atoms with Crippen LogP contribution >= 0.6 is 0 Å². The minimum absolute atomic E-state index is 0.170. The van der Waals surface area contributed by atoms with Gasteiger partial charge in [0.25, 0.3) is 0 Å². The van der Waals surface area contributed by atoms with Gasteiger partial charge in [0, 0.05) is 18.8 Å². The third-order valence-electron chi connectivity index (χ3n) is 2.78. The molecule has 5 heteroatoms. The molecule has 0 spiro atoms. The predicted octanol–water partition coefficient (Wildman–Crippen LogP) is 3.93.